The Morgan fingerprint density at radius 3 is 2.18 bits per heavy atom. The zero-order valence-corrected chi connectivity index (χ0v) is 19.8. The van der Waals surface area contributed by atoms with Gasteiger partial charge in [0.1, 0.15) is 5.75 Å². The normalized spacial score (nSPS) is 16.8. The van der Waals surface area contributed by atoms with Crippen LogP contribution in [0.2, 0.25) is 0 Å². The van der Waals surface area contributed by atoms with Gasteiger partial charge >= 0.3 is 7.12 Å². The number of anilines is 1. The van der Waals surface area contributed by atoms with Gasteiger partial charge in [-0.3, -0.25) is 9.97 Å². The maximum absolute atomic E-state index is 6.10. The van der Waals surface area contributed by atoms with Crippen molar-refractivity contribution in [3.8, 4) is 5.75 Å². The molecule has 6 nitrogen and oxygen atoms in total. The van der Waals surface area contributed by atoms with Crippen molar-refractivity contribution in [2.45, 2.75) is 45.4 Å². The van der Waals surface area contributed by atoms with Crippen LogP contribution in [-0.4, -0.2) is 35.4 Å². The Balaban J connectivity index is 1.31. The van der Waals surface area contributed by atoms with Gasteiger partial charge in [-0.05, 0) is 69.7 Å². The number of rotatable bonds is 7. The number of hydrogen-bond acceptors (Lipinski definition) is 6. The van der Waals surface area contributed by atoms with Crippen LogP contribution in [-0.2, 0) is 15.9 Å². The van der Waals surface area contributed by atoms with E-state index >= 15 is 0 Å². The van der Waals surface area contributed by atoms with Crippen molar-refractivity contribution >= 4 is 30.4 Å². The molecule has 170 valence electrons. The summed E-state index contributed by atoms with van der Waals surface area (Å²) in [5.41, 5.74) is 4.18. The molecule has 1 fully saturated rings. The molecular formula is C26H30BN3O3. The highest BCUT2D eigenvalue weighted by molar-refractivity contribution is 6.62. The summed E-state index contributed by atoms with van der Waals surface area (Å²) < 4.78 is 17.3. The molecule has 2 aromatic heterocycles. The molecule has 3 aromatic rings. The molecule has 1 aliphatic rings. The topological polar surface area (TPSA) is 65.5 Å². The maximum atomic E-state index is 6.10. The summed E-state index contributed by atoms with van der Waals surface area (Å²) in [6, 6.07) is 16.1. The zero-order chi connectivity index (χ0) is 23.5. The van der Waals surface area contributed by atoms with Crippen molar-refractivity contribution in [1.29, 1.82) is 0 Å². The van der Waals surface area contributed by atoms with E-state index < -0.39 is 7.12 Å². The fourth-order valence-corrected chi connectivity index (χ4v) is 3.36. The Morgan fingerprint density at radius 1 is 0.879 bits per heavy atom. The highest BCUT2D eigenvalue weighted by atomic mass is 16.7. The van der Waals surface area contributed by atoms with Gasteiger partial charge < -0.3 is 19.4 Å². The molecule has 4 rings (SSSR count). The first-order chi connectivity index (χ1) is 15.8. The number of hydrogen-bond donors (Lipinski definition) is 1. The second-order valence-electron chi connectivity index (χ2n) is 9.10. The fourth-order valence-electron chi connectivity index (χ4n) is 3.36. The lowest BCUT2D eigenvalue weighted by atomic mass is 9.80. The molecule has 0 saturated carbocycles. The highest BCUT2D eigenvalue weighted by Crippen LogP contribution is 2.36. The molecule has 1 N–H and O–H groups in total. The van der Waals surface area contributed by atoms with Crippen LogP contribution in [0.25, 0.3) is 12.2 Å². The Kier molecular flexibility index (Phi) is 6.54. The summed E-state index contributed by atoms with van der Waals surface area (Å²) in [5, 5.41) is 3.41. The van der Waals surface area contributed by atoms with E-state index in [0.717, 1.165) is 33.9 Å². The van der Waals surface area contributed by atoms with E-state index in [9.17, 15) is 0 Å². The average Bonchev–Trinajstić information content (AvgIpc) is 3.04. The van der Waals surface area contributed by atoms with Crippen LogP contribution >= 0.6 is 0 Å². The smallest absolute Gasteiger partial charge is 0.495 e. The monoisotopic (exact) mass is 443 g/mol. The number of ether oxygens (including phenoxy) is 1. The first-order valence-corrected chi connectivity index (χ1v) is 11.1. The third-order valence-corrected chi connectivity index (χ3v) is 6.20. The third-order valence-electron chi connectivity index (χ3n) is 6.20. The first kappa shape index (κ1) is 23.0. The minimum absolute atomic E-state index is 0.357. The SMILES string of the molecule is COc1ccc(/C=C/c2ccc(NCc3ccc(B4OC(C)(C)C(C)(C)O4)cn3)cc2)nc1. The molecule has 0 unspecified atom stereocenters. The van der Waals surface area contributed by atoms with Gasteiger partial charge in [-0.1, -0.05) is 24.3 Å². The number of pyridine rings is 2. The van der Waals surface area contributed by atoms with E-state index in [0.29, 0.717) is 6.54 Å². The van der Waals surface area contributed by atoms with Crippen LogP contribution in [0, 0.1) is 0 Å². The number of aromatic nitrogens is 2. The van der Waals surface area contributed by atoms with Gasteiger partial charge in [0.15, 0.2) is 0 Å². The summed E-state index contributed by atoms with van der Waals surface area (Å²) in [4.78, 5) is 8.92. The quantitative estimate of drug-likeness (QED) is 0.540. The van der Waals surface area contributed by atoms with E-state index in [4.69, 9.17) is 14.0 Å². The molecule has 0 spiro atoms. The summed E-state index contributed by atoms with van der Waals surface area (Å²) in [6.45, 7) is 8.84. The Morgan fingerprint density at radius 2 is 1.61 bits per heavy atom. The highest BCUT2D eigenvalue weighted by Gasteiger charge is 2.51. The van der Waals surface area contributed by atoms with Crippen molar-refractivity contribution in [3.63, 3.8) is 0 Å². The largest absolute Gasteiger partial charge is 0.496 e. The third kappa shape index (κ3) is 5.43. The number of nitrogens with zero attached hydrogens (tertiary/aromatic N) is 2. The minimum Gasteiger partial charge on any atom is -0.495 e. The molecular weight excluding hydrogens is 413 g/mol. The van der Waals surface area contributed by atoms with Gasteiger partial charge in [0.25, 0.3) is 0 Å². The second-order valence-corrected chi connectivity index (χ2v) is 9.10. The van der Waals surface area contributed by atoms with Crippen molar-refractivity contribution in [1.82, 2.24) is 9.97 Å². The number of methoxy groups -OCH3 is 1. The van der Waals surface area contributed by atoms with Crippen LogP contribution in [0.3, 0.4) is 0 Å². The summed E-state index contributed by atoms with van der Waals surface area (Å²) in [7, 11) is 1.24. The van der Waals surface area contributed by atoms with Gasteiger partial charge in [0, 0.05) is 17.3 Å². The molecule has 1 aliphatic heterocycles. The predicted molar refractivity (Wildman–Crippen MR) is 133 cm³/mol. The molecule has 33 heavy (non-hydrogen) atoms. The van der Waals surface area contributed by atoms with Crippen molar-refractivity contribution < 1.29 is 14.0 Å². The van der Waals surface area contributed by atoms with Crippen molar-refractivity contribution in [2.75, 3.05) is 12.4 Å². The van der Waals surface area contributed by atoms with Gasteiger partial charge in [-0.25, -0.2) is 0 Å². The molecule has 7 heteroatoms. The van der Waals surface area contributed by atoms with E-state index in [1.54, 1.807) is 13.3 Å². The Labute approximate surface area is 196 Å². The number of benzene rings is 1. The summed E-state index contributed by atoms with van der Waals surface area (Å²) in [5.74, 6) is 0.750. The minimum atomic E-state index is -0.391. The summed E-state index contributed by atoms with van der Waals surface area (Å²) >= 11 is 0. The molecule has 0 bridgehead atoms. The van der Waals surface area contributed by atoms with Gasteiger partial charge in [-0.15, -0.1) is 0 Å². The van der Waals surface area contributed by atoms with Gasteiger partial charge in [0.05, 0.1) is 42.4 Å². The van der Waals surface area contributed by atoms with E-state index in [1.807, 2.05) is 42.6 Å². The predicted octanol–water partition coefficient (Wildman–Crippen LogP) is 4.57. The summed E-state index contributed by atoms with van der Waals surface area (Å²) in [6.07, 6.45) is 7.56. The van der Waals surface area contributed by atoms with Crippen LogP contribution < -0.4 is 15.5 Å². The van der Waals surface area contributed by atoms with Crippen LogP contribution in [0.1, 0.15) is 44.6 Å². The van der Waals surface area contributed by atoms with Gasteiger partial charge in [0.2, 0.25) is 0 Å². The molecule has 0 amide bonds. The lowest BCUT2D eigenvalue weighted by Gasteiger charge is -2.32. The Bertz CT molecular complexity index is 1080. The molecule has 1 aromatic carbocycles. The van der Waals surface area contributed by atoms with Gasteiger partial charge in [-0.2, -0.15) is 0 Å². The zero-order valence-electron chi connectivity index (χ0n) is 19.8. The molecule has 0 atom stereocenters. The molecule has 1 saturated heterocycles. The standard InChI is InChI=1S/C26H30BN3O3/c1-25(2)26(3,4)33-27(32-25)20-9-13-23(28-16-20)17-29-21-10-6-19(7-11-21)8-12-22-14-15-24(31-5)18-30-22/h6-16,18,29H,17H2,1-5H3/b12-8+. The molecule has 0 aliphatic carbocycles. The van der Waals surface area contributed by atoms with E-state index in [2.05, 4.69) is 67.2 Å². The molecule has 3 heterocycles. The lowest BCUT2D eigenvalue weighted by molar-refractivity contribution is 0.00578. The Hall–Kier alpha value is -3.16. The molecule has 0 radical (unpaired) electrons. The van der Waals surface area contributed by atoms with Crippen molar-refractivity contribution in [2.24, 2.45) is 0 Å². The lowest BCUT2D eigenvalue weighted by Crippen LogP contribution is -2.41. The van der Waals surface area contributed by atoms with Crippen LogP contribution in [0.5, 0.6) is 5.75 Å². The fraction of sp³-hybridized carbons (Fsp3) is 0.308. The van der Waals surface area contributed by atoms with Crippen LogP contribution in [0.15, 0.2) is 60.9 Å². The van der Waals surface area contributed by atoms with Crippen molar-refractivity contribution in [3.05, 3.63) is 77.9 Å². The maximum Gasteiger partial charge on any atom is 0.496 e. The first-order valence-electron chi connectivity index (χ1n) is 11.1. The number of nitrogens with one attached hydrogen (secondary N) is 1. The van der Waals surface area contributed by atoms with E-state index in [1.165, 1.54) is 0 Å². The second kappa shape index (κ2) is 9.37. The van der Waals surface area contributed by atoms with E-state index in [-0.39, 0.29) is 11.2 Å². The average molecular weight is 443 g/mol. The van der Waals surface area contributed by atoms with Crippen LogP contribution in [0.4, 0.5) is 5.69 Å².